The summed E-state index contributed by atoms with van der Waals surface area (Å²) in [6, 6.07) is 0. The van der Waals surface area contributed by atoms with Crippen molar-refractivity contribution in [1.82, 2.24) is 0 Å². The van der Waals surface area contributed by atoms with Crippen LogP contribution < -0.4 is 14.8 Å². The zero-order valence-corrected chi connectivity index (χ0v) is 16.7. The van der Waals surface area contributed by atoms with Crippen molar-refractivity contribution in [3.8, 4) is 0 Å². The molecule has 0 amide bonds. The fraction of sp³-hybridized carbons (Fsp3) is 0.950. The Morgan fingerprint density at radius 2 is 1.88 bits per heavy atom. The molecule has 140 valence electrons. The van der Waals surface area contributed by atoms with Crippen molar-refractivity contribution in [1.29, 1.82) is 0 Å². The van der Waals surface area contributed by atoms with Gasteiger partial charge in [-0.2, -0.15) is 0 Å². The summed E-state index contributed by atoms with van der Waals surface area (Å²) in [5, 5.41) is 0. The number of hydrogen-bond donors (Lipinski definition) is 3. The van der Waals surface area contributed by atoms with Crippen LogP contribution in [0.3, 0.4) is 0 Å². The molecule has 0 spiro atoms. The molecule has 2 rings (SSSR count). The highest BCUT2D eigenvalue weighted by Crippen LogP contribution is 2.36. The van der Waals surface area contributed by atoms with E-state index >= 15 is 0 Å². The molecule has 2 fully saturated rings. The Morgan fingerprint density at radius 1 is 1.17 bits per heavy atom. The number of quaternary nitrogens is 2. The Bertz CT molecular complexity index is 386. The minimum absolute atomic E-state index is 0.0148. The molecular formula is C20H42N3O+3. The predicted molar refractivity (Wildman–Crippen MR) is 99.9 cm³/mol. The van der Waals surface area contributed by atoms with Gasteiger partial charge in [-0.15, -0.1) is 0 Å². The smallest absolute Gasteiger partial charge is 0.150 e. The van der Waals surface area contributed by atoms with Gasteiger partial charge in [0.05, 0.1) is 51.3 Å². The van der Waals surface area contributed by atoms with Gasteiger partial charge >= 0.3 is 0 Å². The van der Waals surface area contributed by atoms with E-state index in [1.807, 2.05) is 0 Å². The van der Waals surface area contributed by atoms with E-state index in [2.05, 4.69) is 38.9 Å². The van der Waals surface area contributed by atoms with E-state index in [4.69, 9.17) is 4.74 Å². The van der Waals surface area contributed by atoms with E-state index in [-0.39, 0.29) is 5.60 Å². The van der Waals surface area contributed by atoms with Crippen LogP contribution in [-0.2, 0) is 4.74 Å². The summed E-state index contributed by atoms with van der Waals surface area (Å²) in [4.78, 5) is 7.22. The largest absolute Gasteiger partial charge is 0.375 e. The lowest BCUT2D eigenvalue weighted by Crippen LogP contribution is -3.12. The Morgan fingerprint density at radius 3 is 2.50 bits per heavy atom. The van der Waals surface area contributed by atoms with Gasteiger partial charge in [-0.3, -0.25) is 4.99 Å². The van der Waals surface area contributed by atoms with Crippen LogP contribution in [0.5, 0.6) is 0 Å². The highest BCUT2D eigenvalue weighted by molar-refractivity contribution is 5.60. The van der Waals surface area contributed by atoms with Gasteiger partial charge in [0.25, 0.3) is 0 Å². The molecular weight excluding hydrogens is 298 g/mol. The quantitative estimate of drug-likeness (QED) is 0.354. The summed E-state index contributed by atoms with van der Waals surface area (Å²) in [5.74, 6) is 0. The molecule has 4 heteroatoms. The monoisotopic (exact) mass is 340 g/mol. The van der Waals surface area contributed by atoms with Gasteiger partial charge in [0, 0.05) is 19.4 Å². The molecule has 2 saturated heterocycles. The molecule has 24 heavy (non-hydrogen) atoms. The van der Waals surface area contributed by atoms with E-state index in [9.17, 15) is 0 Å². The van der Waals surface area contributed by atoms with Gasteiger partial charge in [0.1, 0.15) is 18.2 Å². The van der Waals surface area contributed by atoms with Crippen LogP contribution in [-0.4, -0.2) is 64.2 Å². The zero-order chi connectivity index (χ0) is 17.5. The molecule has 2 aliphatic heterocycles. The molecule has 0 aromatic carbocycles. The molecule has 2 heterocycles. The van der Waals surface area contributed by atoms with Gasteiger partial charge in [0.15, 0.2) is 0 Å². The van der Waals surface area contributed by atoms with Crippen LogP contribution >= 0.6 is 0 Å². The van der Waals surface area contributed by atoms with Crippen LogP contribution in [0.4, 0.5) is 0 Å². The Hall–Kier alpha value is -0.450. The van der Waals surface area contributed by atoms with Crippen molar-refractivity contribution < 1.29 is 19.5 Å². The average Bonchev–Trinajstić information content (AvgIpc) is 3.02. The Kier molecular flexibility index (Phi) is 7.70. The van der Waals surface area contributed by atoms with Gasteiger partial charge in [-0.05, 0) is 40.5 Å². The van der Waals surface area contributed by atoms with Crippen molar-refractivity contribution in [2.24, 2.45) is 5.41 Å². The first-order valence-electron chi connectivity index (χ1n) is 10.4. The van der Waals surface area contributed by atoms with Crippen molar-refractivity contribution in [2.45, 2.75) is 65.4 Å². The summed E-state index contributed by atoms with van der Waals surface area (Å²) in [5.41, 5.74) is 0.324. The van der Waals surface area contributed by atoms with Crippen LogP contribution in [0, 0.1) is 5.41 Å². The highest BCUT2D eigenvalue weighted by Gasteiger charge is 2.45. The molecule has 0 radical (unpaired) electrons. The summed E-state index contributed by atoms with van der Waals surface area (Å²) >= 11 is 0. The van der Waals surface area contributed by atoms with Crippen molar-refractivity contribution >= 4 is 6.21 Å². The number of rotatable bonds is 9. The van der Waals surface area contributed by atoms with Crippen molar-refractivity contribution in [2.75, 3.05) is 52.4 Å². The first kappa shape index (κ1) is 19.9. The number of likely N-dealkylation sites (tertiary alicyclic amines) is 1. The molecule has 3 N–H and O–H groups in total. The molecule has 0 unspecified atom stereocenters. The van der Waals surface area contributed by atoms with Gasteiger partial charge in [0.2, 0.25) is 0 Å². The van der Waals surface area contributed by atoms with Crippen LogP contribution in [0.1, 0.15) is 59.8 Å². The van der Waals surface area contributed by atoms with E-state index in [0.29, 0.717) is 5.41 Å². The predicted octanol–water partition coefficient (Wildman–Crippen LogP) is -1.29. The number of ether oxygens (including phenoxy) is 1. The second-order valence-electron chi connectivity index (χ2n) is 8.69. The summed E-state index contributed by atoms with van der Waals surface area (Å²) < 4.78 is 6.01. The van der Waals surface area contributed by atoms with E-state index in [1.165, 1.54) is 65.0 Å². The fourth-order valence-electron chi connectivity index (χ4n) is 4.73. The zero-order valence-electron chi connectivity index (χ0n) is 16.7. The SMILES string of the molecule is CC[NH+](CC)CCC[NH+]=C[C@@]1(C[NH+]2CCCC2)CCOC(C)(C)C1. The average molecular weight is 341 g/mol. The van der Waals surface area contributed by atoms with E-state index < -0.39 is 0 Å². The second kappa shape index (κ2) is 9.30. The minimum atomic E-state index is 0.0148. The number of hydrogen-bond acceptors (Lipinski definition) is 1. The normalized spacial score (nSPS) is 28.2. The molecule has 0 aromatic heterocycles. The minimum Gasteiger partial charge on any atom is -0.375 e. The Labute approximate surface area is 149 Å². The molecule has 1 atom stereocenters. The maximum atomic E-state index is 6.01. The maximum Gasteiger partial charge on any atom is 0.150 e. The fourth-order valence-corrected chi connectivity index (χ4v) is 4.73. The van der Waals surface area contributed by atoms with E-state index in [1.54, 1.807) is 9.80 Å². The van der Waals surface area contributed by atoms with Gasteiger partial charge in [-0.1, -0.05) is 0 Å². The summed E-state index contributed by atoms with van der Waals surface area (Å²) in [6.45, 7) is 18.9. The summed E-state index contributed by atoms with van der Waals surface area (Å²) in [7, 11) is 0. The first-order chi connectivity index (χ1) is 11.5. The molecule has 0 saturated carbocycles. The second-order valence-corrected chi connectivity index (χ2v) is 8.69. The first-order valence-corrected chi connectivity index (χ1v) is 10.4. The maximum absolute atomic E-state index is 6.01. The third-order valence-electron chi connectivity index (χ3n) is 6.04. The lowest BCUT2D eigenvalue weighted by Gasteiger charge is -2.41. The molecule has 4 nitrogen and oxygen atoms in total. The van der Waals surface area contributed by atoms with E-state index in [0.717, 1.165) is 19.6 Å². The highest BCUT2D eigenvalue weighted by atomic mass is 16.5. The lowest BCUT2D eigenvalue weighted by atomic mass is 9.74. The third kappa shape index (κ3) is 6.12. The van der Waals surface area contributed by atoms with Crippen LogP contribution in [0.2, 0.25) is 0 Å². The molecule has 0 aliphatic carbocycles. The molecule has 0 bridgehead atoms. The molecule has 0 aromatic rings. The standard InChI is InChI=1S/C20H39N3O/c1-5-22(6-2)14-9-11-21-17-20(18-23-12-7-8-13-23)10-15-24-19(3,4)16-20/h17H,5-16,18H2,1-4H3/p+3/t20-/m1/s1. The van der Waals surface area contributed by atoms with Gasteiger partial charge in [-0.25, -0.2) is 0 Å². The third-order valence-corrected chi connectivity index (χ3v) is 6.04. The van der Waals surface area contributed by atoms with Crippen LogP contribution in [0.25, 0.3) is 0 Å². The summed E-state index contributed by atoms with van der Waals surface area (Å²) in [6.07, 6.45) is 8.88. The Balaban J connectivity index is 1.91. The van der Waals surface area contributed by atoms with Crippen molar-refractivity contribution in [3.05, 3.63) is 0 Å². The van der Waals surface area contributed by atoms with Gasteiger partial charge < -0.3 is 14.5 Å². The lowest BCUT2D eigenvalue weighted by molar-refractivity contribution is -0.897. The van der Waals surface area contributed by atoms with Crippen LogP contribution in [0.15, 0.2) is 0 Å². The molecule has 2 aliphatic rings. The number of nitrogens with one attached hydrogen (secondary N) is 3. The van der Waals surface area contributed by atoms with Crippen molar-refractivity contribution in [3.63, 3.8) is 0 Å². The topological polar surface area (TPSA) is 32.1 Å².